The van der Waals surface area contributed by atoms with Crippen molar-refractivity contribution < 1.29 is 0 Å². The molecule has 2 saturated carbocycles. The molecule has 122 valence electrons. The van der Waals surface area contributed by atoms with Crippen LogP contribution < -0.4 is 0 Å². The highest BCUT2D eigenvalue weighted by Gasteiger charge is 2.61. The first kappa shape index (κ1) is 15.0. The van der Waals surface area contributed by atoms with E-state index in [1.807, 2.05) is 5.57 Å². The van der Waals surface area contributed by atoms with Gasteiger partial charge >= 0.3 is 0 Å². The Hall–Kier alpha value is -0.520. The molecule has 1 unspecified atom stereocenters. The van der Waals surface area contributed by atoms with Gasteiger partial charge in [0.05, 0.1) is 0 Å². The van der Waals surface area contributed by atoms with E-state index in [-0.39, 0.29) is 0 Å². The largest absolute Gasteiger partial charge is 0.0874 e. The van der Waals surface area contributed by atoms with Crippen molar-refractivity contribution in [3.05, 3.63) is 23.8 Å². The van der Waals surface area contributed by atoms with Gasteiger partial charge in [0, 0.05) is 0 Å². The predicted molar refractivity (Wildman–Crippen MR) is 94.6 cm³/mol. The van der Waals surface area contributed by atoms with Gasteiger partial charge in [-0.1, -0.05) is 58.4 Å². The van der Waals surface area contributed by atoms with Gasteiger partial charge in [-0.15, -0.1) is 0 Å². The van der Waals surface area contributed by atoms with Crippen LogP contribution in [0.3, 0.4) is 0 Å². The molecule has 0 aromatic rings. The molecule has 4 aliphatic rings. The number of allylic oxidation sites excluding steroid dienone is 4. The van der Waals surface area contributed by atoms with E-state index in [1.165, 1.54) is 44.9 Å². The van der Waals surface area contributed by atoms with E-state index < -0.39 is 0 Å². The standard InChI is InChI=1S/C22H34/c1-19(2)11-7-13-21(4)16(19)10-15-22(5)17-8-6-12-20(17,3)14-9-18(21)22/h7-8,13,16,18H,6,9-12,14-15H2,1-5H3/t16?,18-,20+,21+,22+/m1/s1. The molecule has 0 bridgehead atoms. The molecule has 0 heterocycles. The minimum atomic E-state index is 0.416. The Morgan fingerprint density at radius 2 is 1.64 bits per heavy atom. The molecular formula is C22H34. The lowest BCUT2D eigenvalue weighted by molar-refractivity contribution is -0.0888. The zero-order chi connectivity index (χ0) is 15.8. The third kappa shape index (κ3) is 1.70. The van der Waals surface area contributed by atoms with Crippen molar-refractivity contribution in [2.75, 3.05) is 0 Å². The van der Waals surface area contributed by atoms with Gasteiger partial charge in [-0.25, -0.2) is 0 Å². The minimum Gasteiger partial charge on any atom is -0.0874 e. The Morgan fingerprint density at radius 1 is 0.909 bits per heavy atom. The fourth-order valence-electron chi connectivity index (χ4n) is 7.60. The predicted octanol–water partition coefficient (Wildman–Crippen LogP) is 6.53. The molecule has 4 rings (SSSR count). The summed E-state index contributed by atoms with van der Waals surface area (Å²) in [6.07, 6.45) is 17.5. The van der Waals surface area contributed by atoms with Crippen molar-refractivity contribution >= 4 is 0 Å². The van der Waals surface area contributed by atoms with Gasteiger partial charge in [0.25, 0.3) is 0 Å². The highest BCUT2D eigenvalue weighted by molar-refractivity contribution is 5.34. The van der Waals surface area contributed by atoms with Gasteiger partial charge < -0.3 is 0 Å². The van der Waals surface area contributed by atoms with Crippen molar-refractivity contribution in [2.45, 2.75) is 79.6 Å². The van der Waals surface area contributed by atoms with Gasteiger partial charge in [0.2, 0.25) is 0 Å². The van der Waals surface area contributed by atoms with E-state index >= 15 is 0 Å². The van der Waals surface area contributed by atoms with Crippen molar-refractivity contribution in [3.8, 4) is 0 Å². The maximum Gasteiger partial charge on any atom is -0.00743 e. The van der Waals surface area contributed by atoms with E-state index in [4.69, 9.17) is 0 Å². The van der Waals surface area contributed by atoms with E-state index in [9.17, 15) is 0 Å². The third-order valence-electron chi connectivity index (χ3n) is 8.58. The molecule has 5 atom stereocenters. The summed E-state index contributed by atoms with van der Waals surface area (Å²) in [5, 5.41) is 0. The lowest BCUT2D eigenvalue weighted by Crippen LogP contribution is -2.56. The Morgan fingerprint density at radius 3 is 2.41 bits per heavy atom. The van der Waals surface area contributed by atoms with E-state index in [2.05, 4.69) is 52.8 Å². The molecule has 0 amide bonds. The van der Waals surface area contributed by atoms with Crippen LogP contribution in [0.5, 0.6) is 0 Å². The molecule has 0 aromatic heterocycles. The maximum absolute atomic E-state index is 2.65. The second-order valence-electron chi connectivity index (χ2n) is 10.3. The normalized spacial score (nSPS) is 52.5. The molecule has 2 fully saturated rings. The van der Waals surface area contributed by atoms with Gasteiger partial charge in [0.1, 0.15) is 0 Å². The van der Waals surface area contributed by atoms with Crippen LogP contribution >= 0.6 is 0 Å². The second-order valence-corrected chi connectivity index (χ2v) is 10.3. The van der Waals surface area contributed by atoms with Gasteiger partial charge in [-0.05, 0) is 78.4 Å². The third-order valence-corrected chi connectivity index (χ3v) is 8.58. The summed E-state index contributed by atoms with van der Waals surface area (Å²) in [5.74, 6) is 1.72. The summed E-state index contributed by atoms with van der Waals surface area (Å²) >= 11 is 0. The molecule has 0 nitrogen and oxygen atoms in total. The first-order valence-electron chi connectivity index (χ1n) is 9.61. The Bertz CT molecular complexity index is 546. The van der Waals surface area contributed by atoms with E-state index in [1.54, 1.807) is 0 Å². The molecule has 0 heteroatoms. The summed E-state index contributed by atoms with van der Waals surface area (Å²) < 4.78 is 0. The van der Waals surface area contributed by atoms with Crippen LogP contribution in [-0.2, 0) is 0 Å². The van der Waals surface area contributed by atoms with Crippen LogP contribution in [0.15, 0.2) is 23.8 Å². The second kappa shape index (κ2) is 4.31. The van der Waals surface area contributed by atoms with Crippen LogP contribution in [0.25, 0.3) is 0 Å². The number of hydrogen-bond donors (Lipinski definition) is 0. The SMILES string of the molecule is CC1(C)CC=C[C@@]2(C)C1CC[C@@]1(C)C3=CCC[C@@]3(C)CC[C@@H]12. The summed E-state index contributed by atoms with van der Waals surface area (Å²) in [7, 11) is 0. The molecule has 0 aliphatic heterocycles. The smallest absolute Gasteiger partial charge is 0.00743 e. The molecule has 0 saturated heterocycles. The zero-order valence-electron chi connectivity index (χ0n) is 15.3. The number of fused-ring (bicyclic) bond motifs is 5. The van der Waals surface area contributed by atoms with Crippen molar-refractivity contribution in [3.63, 3.8) is 0 Å². The quantitative estimate of drug-likeness (QED) is 0.446. The molecule has 0 spiro atoms. The number of hydrogen-bond acceptors (Lipinski definition) is 0. The summed E-state index contributed by atoms with van der Waals surface area (Å²) in [5.41, 5.74) is 3.75. The molecule has 0 N–H and O–H groups in total. The lowest BCUT2D eigenvalue weighted by atomic mass is 9.40. The highest BCUT2D eigenvalue weighted by atomic mass is 14.7. The maximum atomic E-state index is 2.65. The van der Waals surface area contributed by atoms with Gasteiger partial charge in [-0.3, -0.25) is 0 Å². The highest BCUT2D eigenvalue weighted by Crippen LogP contribution is 2.70. The first-order valence-corrected chi connectivity index (χ1v) is 9.61. The topological polar surface area (TPSA) is 0 Å². The molecule has 4 aliphatic carbocycles. The minimum absolute atomic E-state index is 0.416. The Kier molecular flexibility index (Phi) is 2.94. The van der Waals surface area contributed by atoms with Crippen LogP contribution in [0.2, 0.25) is 0 Å². The average Bonchev–Trinajstić information content (AvgIpc) is 2.80. The van der Waals surface area contributed by atoms with Crippen LogP contribution in [0.1, 0.15) is 79.6 Å². The van der Waals surface area contributed by atoms with Crippen LogP contribution in [0, 0.1) is 33.5 Å². The monoisotopic (exact) mass is 298 g/mol. The Balaban J connectivity index is 1.80. The van der Waals surface area contributed by atoms with Crippen LogP contribution in [-0.4, -0.2) is 0 Å². The Labute approximate surface area is 137 Å². The molecule has 0 radical (unpaired) electrons. The van der Waals surface area contributed by atoms with E-state index in [0.717, 1.165) is 11.8 Å². The summed E-state index contributed by atoms with van der Waals surface area (Å²) in [6.45, 7) is 12.8. The molecular weight excluding hydrogens is 264 g/mol. The van der Waals surface area contributed by atoms with Crippen molar-refractivity contribution in [2.24, 2.45) is 33.5 Å². The van der Waals surface area contributed by atoms with Crippen molar-refractivity contribution in [1.29, 1.82) is 0 Å². The van der Waals surface area contributed by atoms with Gasteiger partial charge in [0.15, 0.2) is 0 Å². The lowest BCUT2D eigenvalue weighted by Gasteiger charge is -2.64. The zero-order valence-corrected chi connectivity index (χ0v) is 15.3. The van der Waals surface area contributed by atoms with Crippen LogP contribution in [0.4, 0.5) is 0 Å². The van der Waals surface area contributed by atoms with Gasteiger partial charge in [-0.2, -0.15) is 0 Å². The first-order chi connectivity index (χ1) is 10.2. The fourth-order valence-corrected chi connectivity index (χ4v) is 7.60. The van der Waals surface area contributed by atoms with Crippen molar-refractivity contribution in [1.82, 2.24) is 0 Å². The molecule has 0 aromatic carbocycles. The fraction of sp³-hybridized carbons (Fsp3) is 0.818. The average molecular weight is 299 g/mol. The summed E-state index contributed by atoms with van der Waals surface area (Å²) in [6, 6.07) is 0. The van der Waals surface area contributed by atoms with E-state index in [0.29, 0.717) is 21.7 Å². The summed E-state index contributed by atoms with van der Waals surface area (Å²) in [4.78, 5) is 0. The molecule has 22 heavy (non-hydrogen) atoms. The number of rotatable bonds is 0.